The van der Waals surface area contributed by atoms with E-state index in [1.165, 1.54) is 0 Å². The molecule has 0 spiro atoms. The van der Waals surface area contributed by atoms with Gasteiger partial charge in [-0.1, -0.05) is 18.2 Å². The van der Waals surface area contributed by atoms with Gasteiger partial charge >= 0.3 is 5.97 Å². The fourth-order valence-electron chi connectivity index (χ4n) is 2.84. The number of ketones is 1. The van der Waals surface area contributed by atoms with E-state index in [1.54, 1.807) is 6.20 Å². The maximum Gasteiger partial charge on any atom is 0.325 e. The minimum absolute atomic E-state index is 0.212. The highest BCUT2D eigenvalue weighted by Crippen LogP contribution is 2.30. The molecule has 1 aromatic heterocycles. The van der Waals surface area contributed by atoms with Crippen molar-refractivity contribution in [3.05, 3.63) is 36.0 Å². The minimum atomic E-state index is -0.871. The molecule has 1 aromatic carbocycles. The molecule has 5 nitrogen and oxygen atoms in total. The SMILES string of the molecule is O=C1CCN(C(C(=O)O)c2c[nH]c3ccccc23)CC1. The standard InChI is InChI=1S/C15H16N2O3/c18-10-5-7-17(8-6-10)14(15(19)20)12-9-16-13-4-2-1-3-11(12)13/h1-4,9,14,16H,5-8H2,(H,19,20). The molecule has 0 saturated carbocycles. The maximum absolute atomic E-state index is 11.7. The zero-order valence-electron chi connectivity index (χ0n) is 11.0. The molecule has 5 heteroatoms. The summed E-state index contributed by atoms with van der Waals surface area (Å²) in [5.41, 5.74) is 1.70. The van der Waals surface area contributed by atoms with Gasteiger partial charge in [0.15, 0.2) is 0 Å². The Morgan fingerprint density at radius 1 is 1.25 bits per heavy atom. The number of rotatable bonds is 3. The molecular weight excluding hydrogens is 256 g/mol. The van der Waals surface area contributed by atoms with E-state index in [-0.39, 0.29) is 5.78 Å². The maximum atomic E-state index is 11.7. The van der Waals surface area contributed by atoms with Crippen molar-refractivity contribution in [1.29, 1.82) is 0 Å². The number of carbonyl (C=O) groups excluding carboxylic acids is 1. The van der Waals surface area contributed by atoms with Crippen LogP contribution in [0.2, 0.25) is 0 Å². The van der Waals surface area contributed by atoms with Gasteiger partial charge in [-0.25, -0.2) is 0 Å². The largest absolute Gasteiger partial charge is 0.480 e. The third-order valence-electron chi connectivity index (χ3n) is 3.87. The Morgan fingerprint density at radius 2 is 1.95 bits per heavy atom. The van der Waals surface area contributed by atoms with Crippen LogP contribution in [-0.4, -0.2) is 39.8 Å². The number of Topliss-reactive ketones (excluding diaryl/α,β-unsaturated/α-hetero) is 1. The molecule has 0 bridgehead atoms. The van der Waals surface area contributed by atoms with Crippen LogP contribution >= 0.6 is 0 Å². The number of aromatic nitrogens is 1. The lowest BCUT2D eigenvalue weighted by atomic mass is 10.0. The molecule has 104 valence electrons. The molecule has 0 amide bonds. The zero-order chi connectivity index (χ0) is 14.1. The van der Waals surface area contributed by atoms with E-state index in [0.29, 0.717) is 25.9 Å². The Bertz CT molecular complexity index is 652. The normalized spacial score (nSPS) is 18.3. The first-order chi connectivity index (χ1) is 9.66. The summed E-state index contributed by atoms with van der Waals surface area (Å²) in [6, 6.07) is 6.97. The van der Waals surface area contributed by atoms with E-state index >= 15 is 0 Å². The summed E-state index contributed by atoms with van der Waals surface area (Å²) in [6.07, 6.45) is 2.64. The zero-order valence-corrected chi connectivity index (χ0v) is 11.0. The number of fused-ring (bicyclic) bond motifs is 1. The number of nitrogens with one attached hydrogen (secondary N) is 1. The smallest absolute Gasteiger partial charge is 0.325 e. The summed E-state index contributed by atoms with van der Waals surface area (Å²) in [6.45, 7) is 1.02. The van der Waals surface area contributed by atoms with Crippen LogP contribution in [0.1, 0.15) is 24.4 Å². The van der Waals surface area contributed by atoms with E-state index < -0.39 is 12.0 Å². The molecule has 1 saturated heterocycles. The average Bonchev–Trinajstić information content (AvgIpc) is 2.85. The Labute approximate surface area is 116 Å². The van der Waals surface area contributed by atoms with Gasteiger partial charge < -0.3 is 10.1 Å². The predicted octanol–water partition coefficient (Wildman–Crippen LogP) is 1.96. The average molecular weight is 272 g/mol. The second-order valence-electron chi connectivity index (χ2n) is 5.11. The molecular formula is C15H16N2O3. The Kier molecular flexibility index (Phi) is 3.28. The van der Waals surface area contributed by atoms with Crippen LogP contribution in [0, 0.1) is 0 Å². The highest BCUT2D eigenvalue weighted by atomic mass is 16.4. The number of carboxylic acids is 1. The molecule has 20 heavy (non-hydrogen) atoms. The lowest BCUT2D eigenvalue weighted by molar-refractivity contribution is -0.145. The molecule has 1 aliphatic rings. The van der Waals surface area contributed by atoms with Crippen molar-refractivity contribution in [2.75, 3.05) is 13.1 Å². The lowest BCUT2D eigenvalue weighted by Crippen LogP contribution is -2.40. The van der Waals surface area contributed by atoms with Crippen molar-refractivity contribution < 1.29 is 14.7 Å². The highest BCUT2D eigenvalue weighted by molar-refractivity contribution is 5.89. The second-order valence-corrected chi connectivity index (χ2v) is 5.11. The van der Waals surface area contributed by atoms with Gasteiger partial charge in [0, 0.05) is 48.6 Å². The topological polar surface area (TPSA) is 73.4 Å². The van der Waals surface area contributed by atoms with Crippen molar-refractivity contribution in [2.45, 2.75) is 18.9 Å². The fraction of sp³-hybridized carbons (Fsp3) is 0.333. The molecule has 1 unspecified atom stereocenters. The van der Waals surface area contributed by atoms with Gasteiger partial charge in [-0.05, 0) is 6.07 Å². The second kappa shape index (κ2) is 5.09. The molecule has 1 aliphatic heterocycles. The van der Waals surface area contributed by atoms with Crippen LogP contribution in [0.4, 0.5) is 0 Å². The number of aromatic amines is 1. The van der Waals surface area contributed by atoms with Crippen LogP contribution in [0.5, 0.6) is 0 Å². The first-order valence-corrected chi connectivity index (χ1v) is 6.71. The van der Waals surface area contributed by atoms with Crippen molar-refractivity contribution in [3.8, 4) is 0 Å². The number of aliphatic carboxylic acids is 1. The first kappa shape index (κ1) is 12.9. The summed E-state index contributed by atoms with van der Waals surface area (Å²) in [7, 11) is 0. The lowest BCUT2D eigenvalue weighted by Gasteiger charge is -2.31. The van der Waals surface area contributed by atoms with Gasteiger partial charge in [-0.15, -0.1) is 0 Å². The number of H-pyrrole nitrogens is 1. The number of piperidine rings is 1. The van der Waals surface area contributed by atoms with E-state index in [1.807, 2.05) is 29.2 Å². The number of carbonyl (C=O) groups is 2. The summed E-state index contributed by atoms with van der Waals surface area (Å²) < 4.78 is 0. The Morgan fingerprint density at radius 3 is 2.65 bits per heavy atom. The van der Waals surface area contributed by atoms with Gasteiger partial charge in [0.1, 0.15) is 11.8 Å². The number of nitrogens with zero attached hydrogens (tertiary/aromatic N) is 1. The third-order valence-corrected chi connectivity index (χ3v) is 3.87. The molecule has 1 fully saturated rings. The van der Waals surface area contributed by atoms with E-state index in [0.717, 1.165) is 16.5 Å². The summed E-state index contributed by atoms with van der Waals surface area (Å²) in [5, 5.41) is 10.5. The number of benzene rings is 1. The van der Waals surface area contributed by atoms with Gasteiger partial charge in [0.2, 0.25) is 0 Å². The van der Waals surface area contributed by atoms with Crippen molar-refractivity contribution in [3.63, 3.8) is 0 Å². The fourth-order valence-corrected chi connectivity index (χ4v) is 2.84. The predicted molar refractivity (Wildman–Crippen MR) is 74.5 cm³/mol. The van der Waals surface area contributed by atoms with Crippen LogP contribution in [0.25, 0.3) is 10.9 Å². The summed E-state index contributed by atoms with van der Waals surface area (Å²) in [5.74, 6) is -0.659. The van der Waals surface area contributed by atoms with E-state index in [4.69, 9.17) is 0 Å². The van der Waals surface area contributed by atoms with Gasteiger partial charge in [-0.3, -0.25) is 14.5 Å². The van der Waals surface area contributed by atoms with Crippen molar-refractivity contribution >= 4 is 22.7 Å². The van der Waals surface area contributed by atoms with Crippen LogP contribution in [0.15, 0.2) is 30.5 Å². The summed E-state index contributed by atoms with van der Waals surface area (Å²) in [4.78, 5) is 28.0. The molecule has 2 heterocycles. The molecule has 3 rings (SSSR count). The van der Waals surface area contributed by atoms with Crippen molar-refractivity contribution in [1.82, 2.24) is 9.88 Å². The van der Waals surface area contributed by atoms with Gasteiger partial charge in [0.05, 0.1) is 0 Å². The van der Waals surface area contributed by atoms with Gasteiger partial charge in [0.25, 0.3) is 0 Å². The monoisotopic (exact) mass is 272 g/mol. The molecule has 2 aromatic rings. The number of hydrogen-bond donors (Lipinski definition) is 2. The highest BCUT2D eigenvalue weighted by Gasteiger charge is 2.31. The van der Waals surface area contributed by atoms with Crippen LogP contribution < -0.4 is 0 Å². The Hall–Kier alpha value is -2.14. The van der Waals surface area contributed by atoms with Crippen LogP contribution in [0.3, 0.4) is 0 Å². The van der Waals surface area contributed by atoms with Crippen LogP contribution in [-0.2, 0) is 9.59 Å². The number of likely N-dealkylation sites (tertiary alicyclic amines) is 1. The quantitative estimate of drug-likeness (QED) is 0.895. The number of carboxylic acid groups (broad SMARTS) is 1. The molecule has 0 aliphatic carbocycles. The number of hydrogen-bond acceptors (Lipinski definition) is 3. The Balaban J connectivity index is 1.98. The van der Waals surface area contributed by atoms with Gasteiger partial charge in [-0.2, -0.15) is 0 Å². The first-order valence-electron chi connectivity index (χ1n) is 6.71. The molecule has 0 radical (unpaired) electrons. The minimum Gasteiger partial charge on any atom is -0.480 e. The van der Waals surface area contributed by atoms with Crippen molar-refractivity contribution in [2.24, 2.45) is 0 Å². The molecule has 2 N–H and O–H groups in total. The summed E-state index contributed by atoms with van der Waals surface area (Å²) >= 11 is 0. The van der Waals surface area contributed by atoms with E-state index in [9.17, 15) is 14.7 Å². The molecule has 1 atom stereocenters. The van der Waals surface area contributed by atoms with E-state index in [2.05, 4.69) is 4.98 Å². The third kappa shape index (κ3) is 2.20. The number of para-hydroxylation sites is 1.